The summed E-state index contributed by atoms with van der Waals surface area (Å²) in [5.74, 6) is 1.23. The number of carbonyl (C=O) groups is 1. The van der Waals surface area contributed by atoms with Gasteiger partial charge in [0.05, 0.1) is 13.0 Å². The maximum Gasteiger partial charge on any atom is 0.308 e. The van der Waals surface area contributed by atoms with Gasteiger partial charge in [0.2, 0.25) is 0 Å². The summed E-state index contributed by atoms with van der Waals surface area (Å²) in [5.41, 5.74) is 2.97. The lowest BCUT2D eigenvalue weighted by Gasteiger charge is -2.30. The molecule has 2 heteroatoms. The molecule has 1 aromatic rings. The second-order valence-corrected chi connectivity index (χ2v) is 5.21. The monoisotopic (exact) mass is 230 g/mol. The molecule has 0 saturated heterocycles. The Hall–Kier alpha value is -1.31. The Balaban J connectivity index is 1.91. The van der Waals surface area contributed by atoms with Crippen molar-refractivity contribution in [3.63, 3.8) is 0 Å². The molecule has 1 aromatic carbocycles. The molecule has 0 aliphatic heterocycles. The average molecular weight is 230 g/mol. The second-order valence-electron chi connectivity index (χ2n) is 5.21. The van der Waals surface area contributed by atoms with Crippen LogP contribution in [-0.4, -0.2) is 13.1 Å². The maximum absolute atomic E-state index is 11.8. The molecule has 3 rings (SSSR count). The van der Waals surface area contributed by atoms with Gasteiger partial charge in [-0.2, -0.15) is 0 Å². The van der Waals surface area contributed by atoms with Gasteiger partial charge in [0.25, 0.3) is 0 Å². The molecule has 0 heterocycles. The summed E-state index contributed by atoms with van der Waals surface area (Å²) in [6.07, 6.45) is 4.39. The van der Waals surface area contributed by atoms with E-state index in [1.807, 2.05) is 0 Å². The second kappa shape index (κ2) is 4.17. The summed E-state index contributed by atoms with van der Waals surface area (Å²) in [7, 11) is 1.51. The van der Waals surface area contributed by atoms with Crippen molar-refractivity contribution in [1.29, 1.82) is 0 Å². The van der Waals surface area contributed by atoms with E-state index in [9.17, 15) is 4.79 Å². The van der Waals surface area contributed by atoms with Crippen LogP contribution in [0.25, 0.3) is 0 Å². The average Bonchev–Trinajstić information content (AvgIpc) is 2.82. The number of methoxy groups -OCH3 is 1. The van der Waals surface area contributed by atoms with Crippen molar-refractivity contribution >= 4 is 5.97 Å². The first kappa shape index (κ1) is 10.8. The zero-order chi connectivity index (χ0) is 11.8. The summed E-state index contributed by atoms with van der Waals surface area (Å²) < 4.78 is 4.93. The van der Waals surface area contributed by atoms with Gasteiger partial charge in [-0.25, -0.2) is 0 Å². The number of carbonyl (C=O) groups excluding carboxylic acids is 1. The number of rotatable bonds is 1. The molecule has 1 fully saturated rings. The van der Waals surface area contributed by atoms with Crippen molar-refractivity contribution in [1.82, 2.24) is 0 Å². The van der Waals surface area contributed by atoms with Crippen LogP contribution in [0.5, 0.6) is 0 Å². The molecule has 2 nitrogen and oxygen atoms in total. The van der Waals surface area contributed by atoms with E-state index >= 15 is 0 Å². The standard InChI is InChI=1S/C15H18O2/c1-17-15(16)14-9-8-12-11-5-3-2-4-10(11)6-7-13(12)14/h2-5,12-14H,6-9H2,1H3/t12-,13+,14?/m0/s1. The molecule has 0 amide bonds. The van der Waals surface area contributed by atoms with E-state index in [1.165, 1.54) is 18.2 Å². The first-order valence-electron chi connectivity index (χ1n) is 6.47. The van der Waals surface area contributed by atoms with Crippen LogP contribution >= 0.6 is 0 Å². The molecule has 3 atom stereocenters. The van der Waals surface area contributed by atoms with Crippen molar-refractivity contribution < 1.29 is 9.53 Å². The van der Waals surface area contributed by atoms with Gasteiger partial charge in [-0.3, -0.25) is 4.79 Å². The molecule has 0 aromatic heterocycles. The van der Waals surface area contributed by atoms with Crippen molar-refractivity contribution in [2.45, 2.75) is 31.6 Å². The van der Waals surface area contributed by atoms with Crippen LogP contribution in [0.4, 0.5) is 0 Å². The quantitative estimate of drug-likeness (QED) is 0.693. The first-order chi connectivity index (χ1) is 8.31. The molecule has 90 valence electrons. The Morgan fingerprint density at radius 3 is 2.88 bits per heavy atom. The number of benzene rings is 1. The van der Waals surface area contributed by atoms with Gasteiger partial charge in [-0.15, -0.1) is 0 Å². The molecule has 1 unspecified atom stereocenters. The lowest BCUT2D eigenvalue weighted by molar-refractivity contribution is -0.146. The van der Waals surface area contributed by atoms with E-state index in [0.717, 1.165) is 25.7 Å². The third kappa shape index (κ3) is 1.67. The van der Waals surface area contributed by atoms with Crippen molar-refractivity contribution in [3.05, 3.63) is 35.4 Å². The minimum absolute atomic E-state index is 0.00289. The molecule has 0 radical (unpaired) electrons. The van der Waals surface area contributed by atoms with Crippen LogP contribution < -0.4 is 0 Å². The van der Waals surface area contributed by atoms with Gasteiger partial charge in [-0.1, -0.05) is 24.3 Å². The zero-order valence-corrected chi connectivity index (χ0v) is 10.2. The van der Waals surface area contributed by atoms with E-state index in [2.05, 4.69) is 24.3 Å². The summed E-state index contributed by atoms with van der Waals surface area (Å²) in [6.45, 7) is 0. The summed E-state index contributed by atoms with van der Waals surface area (Å²) in [4.78, 5) is 11.8. The minimum atomic E-state index is -0.00289. The maximum atomic E-state index is 11.8. The predicted molar refractivity (Wildman–Crippen MR) is 65.7 cm³/mol. The van der Waals surface area contributed by atoms with Gasteiger partial charge in [-0.05, 0) is 48.6 Å². The van der Waals surface area contributed by atoms with Crippen LogP contribution in [0.3, 0.4) is 0 Å². The van der Waals surface area contributed by atoms with Gasteiger partial charge in [0.15, 0.2) is 0 Å². The normalized spacial score (nSPS) is 30.5. The fraction of sp³-hybridized carbons (Fsp3) is 0.533. The Bertz CT molecular complexity index is 438. The molecular formula is C15H18O2. The van der Waals surface area contributed by atoms with E-state index in [4.69, 9.17) is 4.74 Å². The first-order valence-corrected chi connectivity index (χ1v) is 6.47. The van der Waals surface area contributed by atoms with Crippen LogP contribution in [0.1, 0.15) is 36.3 Å². The van der Waals surface area contributed by atoms with Gasteiger partial charge >= 0.3 is 5.97 Å². The van der Waals surface area contributed by atoms with Crippen LogP contribution in [0, 0.1) is 11.8 Å². The molecule has 0 spiro atoms. The summed E-state index contributed by atoms with van der Waals surface area (Å²) in [6, 6.07) is 8.71. The molecule has 1 saturated carbocycles. The lowest BCUT2D eigenvalue weighted by Crippen LogP contribution is -2.26. The summed E-state index contributed by atoms with van der Waals surface area (Å²) >= 11 is 0. The Morgan fingerprint density at radius 2 is 2.06 bits per heavy atom. The van der Waals surface area contributed by atoms with Gasteiger partial charge < -0.3 is 4.74 Å². The highest BCUT2D eigenvalue weighted by atomic mass is 16.5. The Kier molecular flexibility index (Phi) is 2.65. The molecule has 2 aliphatic carbocycles. The number of aryl methyl sites for hydroxylation is 1. The third-order valence-corrected chi connectivity index (χ3v) is 4.53. The summed E-state index contributed by atoms with van der Waals surface area (Å²) in [5, 5.41) is 0. The largest absolute Gasteiger partial charge is 0.469 e. The fourth-order valence-electron chi connectivity index (χ4n) is 3.75. The minimum Gasteiger partial charge on any atom is -0.469 e. The lowest BCUT2D eigenvalue weighted by atomic mass is 9.74. The van der Waals surface area contributed by atoms with E-state index in [-0.39, 0.29) is 11.9 Å². The van der Waals surface area contributed by atoms with E-state index in [1.54, 1.807) is 0 Å². The zero-order valence-electron chi connectivity index (χ0n) is 10.2. The number of hydrogen-bond donors (Lipinski definition) is 0. The smallest absolute Gasteiger partial charge is 0.308 e. The number of hydrogen-bond acceptors (Lipinski definition) is 2. The Morgan fingerprint density at radius 1 is 1.24 bits per heavy atom. The number of fused-ring (bicyclic) bond motifs is 3. The highest BCUT2D eigenvalue weighted by Gasteiger charge is 2.43. The van der Waals surface area contributed by atoms with E-state index < -0.39 is 0 Å². The van der Waals surface area contributed by atoms with Crippen LogP contribution in [0.15, 0.2) is 24.3 Å². The fourth-order valence-corrected chi connectivity index (χ4v) is 3.75. The SMILES string of the molecule is COC(=O)C1CC[C@H]2c3ccccc3CC[C@@H]12. The van der Waals surface area contributed by atoms with Gasteiger partial charge in [0.1, 0.15) is 0 Å². The number of ether oxygens (including phenoxy) is 1. The highest BCUT2D eigenvalue weighted by molar-refractivity contribution is 5.73. The topological polar surface area (TPSA) is 26.3 Å². The van der Waals surface area contributed by atoms with Gasteiger partial charge in [0, 0.05) is 0 Å². The third-order valence-electron chi connectivity index (χ3n) is 4.53. The van der Waals surface area contributed by atoms with Crippen molar-refractivity contribution in [2.24, 2.45) is 11.8 Å². The molecule has 0 bridgehead atoms. The number of esters is 1. The highest BCUT2D eigenvalue weighted by Crippen LogP contribution is 2.50. The van der Waals surface area contributed by atoms with Crippen LogP contribution in [-0.2, 0) is 16.0 Å². The van der Waals surface area contributed by atoms with E-state index in [0.29, 0.717) is 11.8 Å². The molecule has 2 aliphatic rings. The van der Waals surface area contributed by atoms with Crippen LogP contribution in [0.2, 0.25) is 0 Å². The molecular weight excluding hydrogens is 212 g/mol. The van der Waals surface area contributed by atoms with Crippen molar-refractivity contribution in [3.8, 4) is 0 Å². The predicted octanol–water partition coefficient (Wildman–Crippen LogP) is 2.92. The Labute approximate surface area is 102 Å². The molecule has 17 heavy (non-hydrogen) atoms. The molecule has 0 N–H and O–H groups in total. The van der Waals surface area contributed by atoms with Crippen molar-refractivity contribution in [2.75, 3.05) is 7.11 Å².